The quantitative estimate of drug-likeness (QED) is 0.904. The van der Waals surface area contributed by atoms with Crippen molar-refractivity contribution < 1.29 is 9.53 Å². The molecule has 1 amide bonds. The molecule has 0 radical (unpaired) electrons. The molecule has 1 fully saturated rings. The maximum Gasteiger partial charge on any atom is 0.255 e. The van der Waals surface area contributed by atoms with Gasteiger partial charge in [0.05, 0.1) is 17.8 Å². The van der Waals surface area contributed by atoms with Crippen molar-refractivity contribution >= 4 is 5.91 Å². The monoisotopic (exact) mass is 338 g/mol. The number of piperidine rings is 1. The average Bonchev–Trinajstić information content (AvgIpc) is 3.12. The number of H-pyrrole nitrogens is 1. The molecule has 2 aromatic rings. The van der Waals surface area contributed by atoms with Gasteiger partial charge in [-0.05, 0) is 42.4 Å². The summed E-state index contributed by atoms with van der Waals surface area (Å²) >= 11 is 0. The number of benzene rings is 1. The molecule has 0 unspecified atom stereocenters. The number of aromatic nitrogens is 1. The highest BCUT2D eigenvalue weighted by Gasteiger charge is 2.41. The molecular weight excluding hydrogens is 312 g/mol. The Bertz CT molecular complexity index is 770. The summed E-state index contributed by atoms with van der Waals surface area (Å²) in [7, 11) is 0. The molecule has 132 valence electrons. The second-order valence-corrected chi connectivity index (χ2v) is 7.50. The van der Waals surface area contributed by atoms with Crippen molar-refractivity contribution in [3.63, 3.8) is 0 Å². The Labute approximate surface area is 149 Å². The van der Waals surface area contributed by atoms with Crippen LogP contribution in [0.3, 0.4) is 0 Å². The molecule has 1 N–H and O–H groups in total. The van der Waals surface area contributed by atoms with E-state index in [4.69, 9.17) is 4.74 Å². The van der Waals surface area contributed by atoms with E-state index >= 15 is 0 Å². The Morgan fingerprint density at radius 2 is 1.96 bits per heavy atom. The van der Waals surface area contributed by atoms with Crippen LogP contribution in [0.5, 0.6) is 0 Å². The van der Waals surface area contributed by atoms with Crippen LogP contribution in [0.15, 0.2) is 36.5 Å². The summed E-state index contributed by atoms with van der Waals surface area (Å²) in [6.07, 6.45) is 4.60. The molecule has 1 aromatic heterocycles. The van der Waals surface area contributed by atoms with Gasteiger partial charge in [0.2, 0.25) is 0 Å². The topological polar surface area (TPSA) is 45.3 Å². The van der Waals surface area contributed by atoms with Crippen molar-refractivity contribution in [2.24, 2.45) is 0 Å². The van der Waals surface area contributed by atoms with E-state index in [-0.39, 0.29) is 11.5 Å². The van der Waals surface area contributed by atoms with Gasteiger partial charge in [-0.2, -0.15) is 0 Å². The number of likely N-dealkylation sites (tertiary alicyclic amines) is 1. The average molecular weight is 338 g/mol. The van der Waals surface area contributed by atoms with Crippen LogP contribution in [0.2, 0.25) is 0 Å². The first-order valence-corrected chi connectivity index (χ1v) is 9.30. The zero-order valence-corrected chi connectivity index (χ0v) is 15.0. The Morgan fingerprint density at radius 1 is 1.20 bits per heavy atom. The van der Waals surface area contributed by atoms with E-state index in [1.54, 1.807) is 0 Å². The molecule has 1 saturated heterocycles. The number of hydrogen-bond donors (Lipinski definition) is 1. The largest absolute Gasteiger partial charge is 0.370 e. The summed E-state index contributed by atoms with van der Waals surface area (Å²) in [6, 6.07) is 10.5. The lowest BCUT2D eigenvalue weighted by atomic mass is 9.79. The molecule has 1 aromatic carbocycles. The van der Waals surface area contributed by atoms with Crippen molar-refractivity contribution in [1.29, 1.82) is 0 Å². The highest BCUT2D eigenvalue weighted by molar-refractivity contribution is 5.95. The zero-order chi connectivity index (χ0) is 17.4. The molecule has 4 heteroatoms. The van der Waals surface area contributed by atoms with Crippen molar-refractivity contribution in [3.8, 4) is 0 Å². The summed E-state index contributed by atoms with van der Waals surface area (Å²) in [6.45, 7) is 6.49. The lowest BCUT2D eigenvalue weighted by Crippen LogP contribution is -2.48. The number of amides is 1. The number of carbonyl (C=O) groups excluding carboxylic acids is 1. The van der Waals surface area contributed by atoms with E-state index in [2.05, 4.69) is 43.1 Å². The minimum atomic E-state index is -0.204. The normalized spacial score (nSPS) is 19.2. The third-order valence-electron chi connectivity index (χ3n) is 5.70. The van der Waals surface area contributed by atoms with E-state index in [1.807, 2.05) is 17.2 Å². The maximum absolute atomic E-state index is 13.0. The van der Waals surface area contributed by atoms with Crippen LogP contribution in [0.25, 0.3) is 0 Å². The molecule has 1 spiro atoms. The molecule has 0 atom stereocenters. The van der Waals surface area contributed by atoms with Gasteiger partial charge in [-0.3, -0.25) is 4.79 Å². The molecule has 4 nitrogen and oxygen atoms in total. The smallest absolute Gasteiger partial charge is 0.255 e. The number of hydrogen-bond acceptors (Lipinski definition) is 2. The fourth-order valence-corrected chi connectivity index (χ4v) is 4.32. The molecule has 2 aliphatic heterocycles. The Hall–Kier alpha value is -2.07. The molecule has 2 aliphatic rings. The van der Waals surface area contributed by atoms with Gasteiger partial charge < -0.3 is 14.6 Å². The van der Waals surface area contributed by atoms with E-state index in [1.165, 1.54) is 11.1 Å². The van der Waals surface area contributed by atoms with Crippen molar-refractivity contribution in [2.75, 3.05) is 19.7 Å². The van der Waals surface area contributed by atoms with E-state index < -0.39 is 0 Å². The fourth-order valence-electron chi connectivity index (χ4n) is 4.32. The van der Waals surface area contributed by atoms with Crippen LogP contribution in [0, 0.1) is 0 Å². The standard InChI is InChI=1S/C21H26N2O2/c1-15(2)19-17(7-11-22-19)20(24)23-12-9-21(10-13-23)18-6-4-3-5-16(18)8-14-25-21/h3-7,11,15,22H,8-10,12-14H2,1-2H3. The summed E-state index contributed by atoms with van der Waals surface area (Å²) in [4.78, 5) is 18.2. The minimum absolute atomic E-state index is 0.142. The number of aromatic amines is 1. The fraction of sp³-hybridized carbons (Fsp3) is 0.476. The highest BCUT2D eigenvalue weighted by atomic mass is 16.5. The van der Waals surface area contributed by atoms with Gasteiger partial charge >= 0.3 is 0 Å². The molecular formula is C21H26N2O2. The zero-order valence-electron chi connectivity index (χ0n) is 15.0. The van der Waals surface area contributed by atoms with Crippen LogP contribution in [-0.4, -0.2) is 35.5 Å². The van der Waals surface area contributed by atoms with Gasteiger partial charge in [0.15, 0.2) is 0 Å². The van der Waals surface area contributed by atoms with Crippen LogP contribution in [0.4, 0.5) is 0 Å². The van der Waals surface area contributed by atoms with Crippen LogP contribution in [-0.2, 0) is 16.8 Å². The second kappa shape index (κ2) is 6.34. The first kappa shape index (κ1) is 16.4. The summed E-state index contributed by atoms with van der Waals surface area (Å²) in [5.41, 5.74) is 4.38. The minimum Gasteiger partial charge on any atom is -0.370 e. The predicted molar refractivity (Wildman–Crippen MR) is 97.8 cm³/mol. The number of ether oxygens (including phenoxy) is 1. The Morgan fingerprint density at radius 3 is 2.72 bits per heavy atom. The third-order valence-corrected chi connectivity index (χ3v) is 5.70. The summed E-state index contributed by atoms with van der Waals surface area (Å²) < 4.78 is 6.27. The van der Waals surface area contributed by atoms with E-state index in [0.29, 0.717) is 5.92 Å². The van der Waals surface area contributed by atoms with Gasteiger partial charge in [-0.15, -0.1) is 0 Å². The van der Waals surface area contributed by atoms with E-state index in [0.717, 1.165) is 50.2 Å². The van der Waals surface area contributed by atoms with Gasteiger partial charge in [0.25, 0.3) is 5.91 Å². The summed E-state index contributed by atoms with van der Waals surface area (Å²) in [5, 5.41) is 0. The Kier molecular flexibility index (Phi) is 4.16. The molecule has 25 heavy (non-hydrogen) atoms. The van der Waals surface area contributed by atoms with Crippen molar-refractivity contribution in [2.45, 2.75) is 44.6 Å². The summed E-state index contributed by atoms with van der Waals surface area (Å²) in [5.74, 6) is 0.461. The molecule has 4 rings (SSSR count). The number of fused-ring (bicyclic) bond motifs is 2. The third kappa shape index (κ3) is 2.78. The highest BCUT2D eigenvalue weighted by Crippen LogP contribution is 2.41. The number of nitrogens with zero attached hydrogens (tertiary/aromatic N) is 1. The van der Waals surface area contributed by atoms with Crippen LogP contribution >= 0.6 is 0 Å². The van der Waals surface area contributed by atoms with E-state index in [9.17, 15) is 4.79 Å². The maximum atomic E-state index is 13.0. The number of nitrogens with one attached hydrogen (secondary N) is 1. The van der Waals surface area contributed by atoms with Crippen LogP contribution in [0.1, 0.15) is 59.8 Å². The lowest BCUT2D eigenvalue weighted by molar-refractivity contribution is -0.0935. The van der Waals surface area contributed by atoms with Gasteiger partial charge in [0, 0.05) is 25.0 Å². The molecule has 0 aliphatic carbocycles. The predicted octanol–water partition coefficient (Wildman–Crippen LogP) is 3.84. The van der Waals surface area contributed by atoms with Crippen molar-refractivity contribution in [3.05, 3.63) is 58.9 Å². The van der Waals surface area contributed by atoms with Gasteiger partial charge in [0.1, 0.15) is 0 Å². The SMILES string of the molecule is CC(C)c1[nH]ccc1C(=O)N1CCC2(CC1)OCCc1ccccc12. The Balaban J connectivity index is 1.53. The molecule has 0 saturated carbocycles. The van der Waals surface area contributed by atoms with Gasteiger partial charge in [-0.25, -0.2) is 0 Å². The van der Waals surface area contributed by atoms with Gasteiger partial charge in [-0.1, -0.05) is 38.1 Å². The first-order valence-electron chi connectivity index (χ1n) is 9.30. The molecule has 3 heterocycles. The van der Waals surface area contributed by atoms with Crippen LogP contribution < -0.4 is 0 Å². The molecule has 0 bridgehead atoms. The number of carbonyl (C=O) groups is 1. The second-order valence-electron chi connectivity index (χ2n) is 7.50. The number of rotatable bonds is 2. The lowest BCUT2D eigenvalue weighted by Gasteiger charge is -2.45. The first-order chi connectivity index (χ1) is 12.1. The van der Waals surface area contributed by atoms with Crippen molar-refractivity contribution in [1.82, 2.24) is 9.88 Å².